The highest BCUT2D eigenvalue weighted by molar-refractivity contribution is 5.90. The van der Waals surface area contributed by atoms with Crippen molar-refractivity contribution in [2.24, 2.45) is 12.8 Å². The second-order valence-corrected chi connectivity index (χ2v) is 3.74. The molecule has 7 heteroatoms. The Balaban J connectivity index is 2.61. The van der Waals surface area contributed by atoms with E-state index in [1.165, 1.54) is 6.20 Å². The number of ether oxygens (including phenoxy) is 1. The summed E-state index contributed by atoms with van der Waals surface area (Å²) in [5, 5.41) is 7.05. The van der Waals surface area contributed by atoms with Crippen molar-refractivity contribution in [3.8, 4) is 0 Å². The van der Waals surface area contributed by atoms with Gasteiger partial charge in [0.25, 0.3) is 0 Å². The summed E-state index contributed by atoms with van der Waals surface area (Å²) >= 11 is 0. The number of rotatable bonds is 7. The second-order valence-electron chi connectivity index (χ2n) is 3.74. The molecule has 7 nitrogen and oxygen atoms in total. The zero-order valence-corrected chi connectivity index (χ0v) is 10.6. The summed E-state index contributed by atoms with van der Waals surface area (Å²) in [6.07, 6.45) is 1.73. The molecular formula is C11H18N4O3. The van der Waals surface area contributed by atoms with Gasteiger partial charge in [-0.2, -0.15) is 5.10 Å². The van der Waals surface area contributed by atoms with E-state index in [2.05, 4.69) is 10.4 Å². The maximum absolute atomic E-state index is 11.6. The van der Waals surface area contributed by atoms with E-state index in [1.807, 2.05) is 0 Å². The lowest BCUT2D eigenvalue weighted by Crippen LogP contribution is -2.23. The quantitative estimate of drug-likeness (QED) is 0.507. The number of nitrogens with zero attached hydrogens (tertiary/aromatic N) is 2. The molecule has 0 radical (unpaired) electrons. The fraction of sp³-hybridized carbons (Fsp3) is 0.545. The molecule has 0 aliphatic heterocycles. The van der Waals surface area contributed by atoms with Crippen LogP contribution in [-0.4, -0.2) is 34.8 Å². The fourth-order valence-electron chi connectivity index (χ4n) is 1.47. The molecule has 3 N–H and O–H groups in total. The Bertz CT molecular complexity index is 428. The molecule has 0 saturated carbocycles. The molecule has 0 unspecified atom stereocenters. The summed E-state index contributed by atoms with van der Waals surface area (Å²) in [4.78, 5) is 22.2. The molecule has 0 aliphatic rings. The normalized spacial score (nSPS) is 10.3. The monoisotopic (exact) mass is 254 g/mol. The molecule has 1 rings (SSSR count). The van der Waals surface area contributed by atoms with Crippen LogP contribution in [0.2, 0.25) is 0 Å². The van der Waals surface area contributed by atoms with E-state index in [9.17, 15) is 9.59 Å². The molecule has 1 heterocycles. The van der Waals surface area contributed by atoms with Crippen LogP contribution in [-0.2, 0) is 23.1 Å². The number of carbonyl (C=O) groups is 2. The van der Waals surface area contributed by atoms with Crippen LogP contribution in [0.4, 0.5) is 0 Å². The lowest BCUT2D eigenvalue weighted by molar-refractivity contribution is -0.117. The molecular weight excluding hydrogens is 236 g/mol. The van der Waals surface area contributed by atoms with Crippen molar-refractivity contribution in [2.75, 3.05) is 13.2 Å². The molecule has 0 fully saturated rings. The molecule has 100 valence electrons. The average molecular weight is 254 g/mol. The predicted octanol–water partition coefficient (Wildman–Crippen LogP) is -0.438. The predicted molar refractivity (Wildman–Crippen MR) is 64.7 cm³/mol. The maximum atomic E-state index is 11.6. The summed E-state index contributed by atoms with van der Waals surface area (Å²) < 4.78 is 6.53. The molecule has 0 bridgehead atoms. The van der Waals surface area contributed by atoms with Crippen LogP contribution in [0, 0.1) is 0 Å². The van der Waals surface area contributed by atoms with Gasteiger partial charge in [-0.1, -0.05) is 0 Å². The van der Waals surface area contributed by atoms with Crippen molar-refractivity contribution < 1.29 is 14.3 Å². The molecule has 0 aromatic carbocycles. The van der Waals surface area contributed by atoms with E-state index in [4.69, 9.17) is 10.5 Å². The summed E-state index contributed by atoms with van der Waals surface area (Å²) in [7, 11) is 1.74. The minimum atomic E-state index is -0.391. The Hall–Kier alpha value is -1.89. The molecule has 0 aliphatic carbocycles. The number of primary amides is 1. The highest BCUT2D eigenvalue weighted by Gasteiger charge is 2.16. The van der Waals surface area contributed by atoms with Gasteiger partial charge in [-0.25, -0.2) is 4.79 Å². The SMILES string of the molecule is CCOC(=O)c1cnn(C)c1CNCCC(N)=O. The molecule has 0 spiro atoms. The lowest BCUT2D eigenvalue weighted by Gasteiger charge is -2.07. The topological polar surface area (TPSA) is 99.2 Å². The number of nitrogens with one attached hydrogen (secondary N) is 1. The zero-order chi connectivity index (χ0) is 13.5. The van der Waals surface area contributed by atoms with Crippen LogP contribution in [0.3, 0.4) is 0 Å². The number of esters is 1. The number of hydrogen-bond acceptors (Lipinski definition) is 5. The first-order valence-corrected chi connectivity index (χ1v) is 5.73. The number of aromatic nitrogens is 2. The zero-order valence-electron chi connectivity index (χ0n) is 10.6. The Morgan fingerprint density at radius 3 is 2.89 bits per heavy atom. The van der Waals surface area contributed by atoms with Crippen LogP contribution in [0.5, 0.6) is 0 Å². The largest absolute Gasteiger partial charge is 0.462 e. The minimum absolute atomic E-state index is 0.257. The van der Waals surface area contributed by atoms with Gasteiger partial charge in [0, 0.05) is 26.6 Å². The number of hydrogen-bond donors (Lipinski definition) is 2. The van der Waals surface area contributed by atoms with E-state index in [1.54, 1.807) is 18.7 Å². The molecule has 1 aromatic heterocycles. The van der Waals surface area contributed by atoms with E-state index < -0.39 is 5.97 Å². The molecule has 1 aromatic rings. The summed E-state index contributed by atoms with van der Waals surface area (Å²) in [5.74, 6) is -0.754. The van der Waals surface area contributed by atoms with Gasteiger partial charge in [0.1, 0.15) is 5.56 Å². The van der Waals surface area contributed by atoms with Crippen molar-refractivity contribution in [2.45, 2.75) is 19.9 Å². The van der Waals surface area contributed by atoms with Gasteiger partial charge in [0.2, 0.25) is 5.91 Å². The Morgan fingerprint density at radius 1 is 1.56 bits per heavy atom. The smallest absolute Gasteiger partial charge is 0.341 e. The number of nitrogens with two attached hydrogens (primary N) is 1. The maximum Gasteiger partial charge on any atom is 0.341 e. The van der Waals surface area contributed by atoms with Crippen molar-refractivity contribution >= 4 is 11.9 Å². The van der Waals surface area contributed by atoms with Crippen LogP contribution in [0.1, 0.15) is 29.4 Å². The van der Waals surface area contributed by atoms with Gasteiger partial charge in [0.15, 0.2) is 0 Å². The van der Waals surface area contributed by atoms with Gasteiger partial charge < -0.3 is 15.8 Å². The van der Waals surface area contributed by atoms with Crippen molar-refractivity contribution in [3.05, 3.63) is 17.5 Å². The standard InChI is InChI=1S/C11H18N4O3/c1-3-18-11(17)8-6-14-15(2)9(8)7-13-5-4-10(12)16/h6,13H,3-5,7H2,1-2H3,(H2,12,16). The highest BCUT2D eigenvalue weighted by Crippen LogP contribution is 2.09. The molecule has 1 amide bonds. The van der Waals surface area contributed by atoms with E-state index in [-0.39, 0.29) is 12.3 Å². The molecule has 0 atom stereocenters. The van der Waals surface area contributed by atoms with Gasteiger partial charge in [-0.3, -0.25) is 9.48 Å². The van der Waals surface area contributed by atoms with Gasteiger partial charge in [-0.15, -0.1) is 0 Å². The number of aryl methyl sites for hydroxylation is 1. The fourth-order valence-corrected chi connectivity index (χ4v) is 1.47. The van der Waals surface area contributed by atoms with Crippen LogP contribution >= 0.6 is 0 Å². The number of amides is 1. The third-order valence-electron chi connectivity index (χ3n) is 2.40. The first-order chi connectivity index (χ1) is 8.56. The molecule has 0 saturated heterocycles. The van der Waals surface area contributed by atoms with E-state index in [0.717, 1.165) is 5.69 Å². The second kappa shape index (κ2) is 6.75. The Labute approximate surface area is 105 Å². The lowest BCUT2D eigenvalue weighted by atomic mass is 10.2. The summed E-state index contributed by atoms with van der Waals surface area (Å²) in [6, 6.07) is 0. The van der Waals surface area contributed by atoms with E-state index >= 15 is 0 Å². The third kappa shape index (κ3) is 3.85. The number of carbonyl (C=O) groups excluding carboxylic acids is 2. The molecule has 18 heavy (non-hydrogen) atoms. The Morgan fingerprint density at radius 2 is 2.28 bits per heavy atom. The highest BCUT2D eigenvalue weighted by atomic mass is 16.5. The third-order valence-corrected chi connectivity index (χ3v) is 2.40. The minimum Gasteiger partial charge on any atom is -0.462 e. The van der Waals surface area contributed by atoms with Gasteiger partial charge in [-0.05, 0) is 6.92 Å². The summed E-state index contributed by atoms with van der Waals surface area (Å²) in [6.45, 7) is 2.96. The Kier molecular flexibility index (Phi) is 5.31. The van der Waals surface area contributed by atoms with Gasteiger partial charge in [0.05, 0.1) is 18.5 Å². The average Bonchev–Trinajstić information content (AvgIpc) is 2.66. The van der Waals surface area contributed by atoms with Crippen molar-refractivity contribution in [1.82, 2.24) is 15.1 Å². The first-order valence-electron chi connectivity index (χ1n) is 5.73. The van der Waals surface area contributed by atoms with E-state index in [0.29, 0.717) is 25.3 Å². The van der Waals surface area contributed by atoms with Crippen LogP contribution in [0.15, 0.2) is 6.20 Å². The van der Waals surface area contributed by atoms with Crippen molar-refractivity contribution in [3.63, 3.8) is 0 Å². The van der Waals surface area contributed by atoms with Crippen LogP contribution < -0.4 is 11.1 Å². The van der Waals surface area contributed by atoms with Crippen LogP contribution in [0.25, 0.3) is 0 Å². The first kappa shape index (κ1) is 14.2. The van der Waals surface area contributed by atoms with Crippen molar-refractivity contribution in [1.29, 1.82) is 0 Å². The summed E-state index contributed by atoms with van der Waals surface area (Å²) in [5.41, 5.74) is 6.19. The van der Waals surface area contributed by atoms with Gasteiger partial charge >= 0.3 is 5.97 Å².